The summed E-state index contributed by atoms with van der Waals surface area (Å²) >= 11 is 0. The summed E-state index contributed by atoms with van der Waals surface area (Å²) in [5.74, 6) is -1.29. The zero-order chi connectivity index (χ0) is 18.2. The van der Waals surface area contributed by atoms with E-state index in [0.29, 0.717) is 0 Å². The van der Waals surface area contributed by atoms with Gasteiger partial charge in [0.2, 0.25) is 0 Å². The van der Waals surface area contributed by atoms with Crippen LogP contribution in [0, 0.1) is 5.82 Å². The Morgan fingerprint density at radius 1 is 1.24 bits per heavy atom. The van der Waals surface area contributed by atoms with Crippen LogP contribution in [0.5, 0.6) is 0 Å². The maximum atomic E-state index is 13.3. The van der Waals surface area contributed by atoms with E-state index in [0.717, 1.165) is 24.4 Å². The number of halogens is 4. The van der Waals surface area contributed by atoms with Gasteiger partial charge in [0.25, 0.3) is 5.91 Å². The minimum atomic E-state index is -4.51. The molecule has 2 atom stereocenters. The molecule has 1 saturated heterocycles. The third-order valence-electron chi connectivity index (χ3n) is 4.09. The van der Waals surface area contributed by atoms with E-state index in [1.54, 1.807) is 0 Å². The molecular formula is C17H14F4N2O2. The average Bonchev–Trinajstić information content (AvgIpc) is 2.95. The SMILES string of the molecule is O=C(c1cncc(F)c1)N1C[C@H](O)C[C@@H]1c1cccc(C(F)(F)F)c1. The number of nitrogens with zero attached hydrogens (tertiary/aromatic N) is 2. The Labute approximate surface area is 140 Å². The number of β-amino-alcohol motifs (C(OH)–C–C–N with tert-alkyl or cyclic N) is 1. The van der Waals surface area contributed by atoms with Crippen molar-refractivity contribution >= 4 is 5.91 Å². The largest absolute Gasteiger partial charge is 0.416 e. The Kier molecular flexibility index (Phi) is 4.47. The number of aliphatic hydroxyl groups excluding tert-OH is 1. The molecule has 0 unspecified atom stereocenters. The van der Waals surface area contributed by atoms with Gasteiger partial charge in [-0.15, -0.1) is 0 Å². The molecule has 0 aliphatic carbocycles. The number of likely N-dealkylation sites (tertiary alicyclic amines) is 1. The molecule has 1 aromatic heterocycles. The van der Waals surface area contributed by atoms with Crippen LogP contribution in [0.2, 0.25) is 0 Å². The highest BCUT2D eigenvalue weighted by Crippen LogP contribution is 2.36. The molecular weight excluding hydrogens is 340 g/mol. The number of hydrogen-bond acceptors (Lipinski definition) is 3. The third-order valence-corrected chi connectivity index (χ3v) is 4.09. The number of carbonyl (C=O) groups excluding carboxylic acids is 1. The topological polar surface area (TPSA) is 53.4 Å². The van der Waals surface area contributed by atoms with E-state index in [2.05, 4.69) is 4.98 Å². The highest BCUT2D eigenvalue weighted by Gasteiger charge is 2.37. The molecule has 0 spiro atoms. The zero-order valence-corrected chi connectivity index (χ0v) is 12.9. The van der Waals surface area contributed by atoms with E-state index >= 15 is 0 Å². The molecule has 1 aromatic carbocycles. The van der Waals surface area contributed by atoms with Crippen LogP contribution in [-0.2, 0) is 6.18 Å². The number of aromatic nitrogens is 1. The predicted molar refractivity (Wildman–Crippen MR) is 80.0 cm³/mol. The number of alkyl halides is 3. The first-order chi connectivity index (χ1) is 11.8. The first-order valence-electron chi connectivity index (χ1n) is 7.52. The highest BCUT2D eigenvalue weighted by molar-refractivity contribution is 5.94. The van der Waals surface area contributed by atoms with Crippen LogP contribution in [0.1, 0.15) is 33.9 Å². The Hall–Kier alpha value is -2.48. The van der Waals surface area contributed by atoms with Crippen molar-refractivity contribution in [2.45, 2.75) is 24.7 Å². The van der Waals surface area contributed by atoms with Gasteiger partial charge in [0.1, 0.15) is 5.82 Å². The van der Waals surface area contributed by atoms with E-state index in [1.807, 2.05) is 0 Å². The smallest absolute Gasteiger partial charge is 0.391 e. The number of benzene rings is 1. The molecule has 4 nitrogen and oxygen atoms in total. The van der Waals surface area contributed by atoms with Crippen LogP contribution in [-0.4, -0.2) is 33.5 Å². The van der Waals surface area contributed by atoms with E-state index in [1.165, 1.54) is 23.2 Å². The summed E-state index contributed by atoms with van der Waals surface area (Å²) in [6.07, 6.45) is -3.14. The summed E-state index contributed by atoms with van der Waals surface area (Å²) in [5, 5.41) is 9.91. The first kappa shape index (κ1) is 17.3. The average molecular weight is 354 g/mol. The summed E-state index contributed by atoms with van der Waals surface area (Å²) in [5.41, 5.74) is -0.582. The summed E-state index contributed by atoms with van der Waals surface area (Å²) in [6.45, 7) is -0.0454. The van der Waals surface area contributed by atoms with Crippen LogP contribution < -0.4 is 0 Å². The summed E-state index contributed by atoms with van der Waals surface area (Å²) in [4.78, 5) is 17.4. The lowest BCUT2D eigenvalue weighted by molar-refractivity contribution is -0.137. The van der Waals surface area contributed by atoms with Gasteiger partial charge in [-0.05, 0) is 30.2 Å². The van der Waals surface area contributed by atoms with Crippen molar-refractivity contribution in [2.75, 3.05) is 6.54 Å². The van der Waals surface area contributed by atoms with Gasteiger partial charge < -0.3 is 10.0 Å². The van der Waals surface area contributed by atoms with Gasteiger partial charge in [-0.25, -0.2) is 4.39 Å². The van der Waals surface area contributed by atoms with E-state index in [-0.39, 0.29) is 24.1 Å². The van der Waals surface area contributed by atoms with Crippen molar-refractivity contribution in [2.24, 2.45) is 0 Å². The Morgan fingerprint density at radius 3 is 2.68 bits per heavy atom. The monoisotopic (exact) mass is 354 g/mol. The molecule has 1 aliphatic heterocycles. The number of amides is 1. The molecule has 8 heteroatoms. The molecule has 0 saturated carbocycles. The lowest BCUT2D eigenvalue weighted by atomic mass is 10.0. The maximum absolute atomic E-state index is 13.3. The van der Waals surface area contributed by atoms with Gasteiger partial charge in [-0.2, -0.15) is 13.2 Å². The van der Waals surface area contributed by atoms with Crippen molar-refractivity contribution in [3.05, 3.63) is 65.2 Å². The normalized spacial score (nSPS) is 20.8. The standard InChI is InChI=1S/C17H14F4N2O2/c18-13-5-11(7-22-8-13)16(25)23-9-14(24)6-15(23)10-2-1-3-12(4-10)17(19,20)21/h1-5,7-8,14-15,24H,6,9H2/t14-,15-/m1/s1. The second-order valence-electron chi connectivity index (χ2n) is 5.88. The number of carbonyl (C=O) groups is 1. The molecule has 1 N–H and O–H groups in total. The summed E-state index contributed by atoms with van der Waals surface area (Å²) < 4.78 is 52.0. The lowest BCUT2D eigenvalue weighted by Crippen LogP contribution is -2.32. The van der Waals surface area contributed by atoms with Gasteiger partial charge in [0.15, 0.2) is 0 Å². The number of aliphatic hydroxyl groups is 1. The van der Waals surface area contributed by atoms with E-state index in [4.69, 9.17) is 0 Å². The highest BCUT2D eigenvalue weighted by atomic mass is 19.4. The Morgan fingerprint density at radius 2 is 2.00 bits per heavy atom. The minimum absolute atomic E-state index is 0.0222. The van der Waals surface area contributed by atoms with Crippen molar-refractivity contribution in [1.29, 1.82) is 0 Å². The minimum Gasteiger partial charge on any atom is -0.391 e. The molecule has 0 bridgehead atoms. The number of pyridine rings is 1. The van der Waals surface area contributed by atoms with Crippen molar-refractivity contribution in [1.82, 2.24) is 9.88 Å². The Bertz CT molecular complexity index is 794. The van der Waals surface area contributed by atoms with Gasteiger partial charge in [0.05, 0.1) is 29.5 Å². The third kappa shape index (κ3) is 3.63. The van der Waals surface area contributed by atoms with Crippen LogP contribution in [0.3, 0.4) is 0 Å². The molecule has 1 fully saturated rings. The quantitative estimate of drug-likeness (QED) is 0.843. The fourth-order valence-electron chi connectivity index (χ4n) is 2.97. The molecule has 1 aliphatic rings. The molecule has 25 heavy (non-hydrogen) atoms. The second kappa shape index (κ2) is 6.44. The van der Waals surface area contributed by atoms with Crippen molar-refractivity contribution in [3.63, 3.8) is 0 Å². The van der Waals surface area contributed by atoms with Gasteiger partial charge in [-0.3, -0.25) is 9.78 Å². The number of rotatable bonds is 2. The van der Waals surface area contributed by atoms with Gasteiger partial charge in [-0.1, -0.05) is 12.1 Å². The maximum Gasteiger partial charge on any atom is 0.416 e. The van der Waals surface area contributed by atoms with Crippen LogP contribution >= 0.6 is 0 Å². The molecule has 1 amide bonds. The van der Waals surface area contributed by atoms with E-state index < -0.39 is 35.6 Å². The van der Waals surface area contributed by atoms with Gasteiger partial charge >= 0.3 is 6.18 Å². The summed E-state index contributed by atoms with van der Waals surface area (Å²) in [6, 6.07) is 4.92. The molecule has 3 rings (SSSR count). The fraction of sp³-hybridized carbons (Fsp3) is 0.294. The zero-order valence-electron chi connectivity index (χ0n) is 12.9. The fourth-order valence-corrected chi connectivity index (χ4v) is 2.97. The Balaban J connectivity index is 1.94. The lowest BCUT2D eigenvalue weighted by Gasteiger charge is -2.25. The van der Waals surface area contributed by atoms with Crippen LogP contribution in [0.4, 0.5) is 17.6 Å². The summed E-state index contributed by atoms with van der Waals surface area (Å²) in [7, 11) is 0. The van der Waals surface area contributed by atoms with Crippen LogP contribution in [0.25, 0.3) is 0 Å². The van der Waals surface area contributed by atoms with Crippen LogP contribution in [0.15, 0.2) is 42.7 Å². The molecule has 2 aromatic rings. The molecule has 2 heterocycles. The first-order valence-corrected chi connectivity index (χ1v) is 7.52. The van der Waals surface area contributed by atoms with E-state index in [9.17, 15) is 27.5 Å². The molecule has 132 valence electrons. The number of hydrogen-bond donors (Lipinski definition) is 1. The van der Waals surface area contributed by atoms with Crippen molar-refractivity contribution in [3.8, 4) is 0 Å². The van der Waals surface area contributed by atoms with Crippen molar-refractivity contribution < 1.29 is 27.5 Å². The second-order valence-corrected chi connectivity index (χ2v) is 5.88. The predicted octanol–water partition coefficient (Wildman–Crippen LogP) is 3.19. The van der Waals surface area contributed by atoms with Gasteiger partial charge in [0, 0.05) is 12.7 Å². The molecule has 0 radical (unpaired) electrons.